The number of aromatic nitrogens is 4. The molecule has 3 rings (SSSR count). The second-order valence-electron chi connectivity index (χ2n) is 6.77. The van der Waals surface area contributed by atoms with Gasteiger partial charge in [0.15, 0.2) is 11.0 Å². The Morgan fingerprint density at radius 2 is 1.76 bits per heavy atom. The van der Waals surface area contributed by atoms with E-state index in [0.29, 0.717) is 5.69 Å². The van der Waals surface area contributed by atoms with Gasteiger partial charge in [0.2, 0.25) is 0 Å². The van der Waals surface area contributed by atoms with Crippen molar-refractivity contribution >= 4 is 11.8 Å². The van der Waals surface area contributed by atoms with Gasteiger partial charge in [-0.15, -0.1) is 10.2 Å². The highest BCUT2D eigenvalue weighted by Gasteiger charge is 2.16. The van der Waals surface area contributed by atoms with Gasteiger partial charge < -0.3 is 4.57 Å². The van der Waals surface area contributed by atoms with Crippen molar-refractivity contribution in [1.82, 2.24) is 19.7 Å². The second-order valence-corrected chi connectivity index (χ2v) is 7.76. The van der Waals surface area contributed by atoms with Crippen LogP contribution in [0.1, 0.15) is 32.0 Å². The van der Waals surface area contributed by atoms with E-state index >= 15 is 0 Å². The fourth-order valence-corrected chi connectivity index (χ4v) is 3.18. The average molecular weight is 349 g/mol. The van der Waals surface area contributed by atoms with Gasteiger partial charge in [-0.1, -0.05) is 51.1 Å². The van der Waals surface area contributed by atoms with Crippen LogP contribution in [-0.4, -0.2) is 19.7 Å². The molecule has 0 N–H and O–H groups in total. The van der Waals surface area contributed by atoms with Crippen molar-refractivity contribution in [2.24, 2.45) is 7.05 Å². The molecule has 3 aromatic rings. The van der Waals surface area contributed by atoms with E-state index in [1.807, 2.05) is 29.8 Å². The minimum absolute atomic E-state index is 0.122. The molecule has 5 nitrogen and oxygen atoms in total. The predicted molar refractivity (Wildman–Crippen MR) is 98.2 cm³/mol. The first-order valence-corrected chi connectivity index (χ1v) is 8.75. The first-order chi connectivity index (χ1) is 11.9. The van der Waals surface area contributed by atoms with Gasteiger partial charge in [0.05, 0.1) is 0 Å². The number of hydrogen-bond acceptors (Lipinski definition) is 5. The summed E-state index contributed by atoms with van der Waals surface area (Å²) in [5.74, 6) is 0.805. The van der Waals surface area contributed by atoms with Crippen LogP contribution in [0.4, 0.5) is 0 Å². The van der Waals surface area contributed by atoms with E-state index in [4.69, 9.17) is 5.26 Å². The zero-order valence-corrected chi connectivity index (χ0v) is 15.5. The van der Waals surface area contributed by atoms with Crippen LogP contribution in [0.25, 0.3) is 11.4 Å². The maximum absolute atomic E-state index is 8.96. The normalized spacial score (nSPS) is 11.3. The van der Waals surface area contributed by atoms with Crippen molar-refractivity contribution in [2.45, 2.75) is 36.4 Å². The molecular formula is C19H19N5S. The maximum atomic E-state index is 8.96. The standard InChI is InChI=1S/C19H19N5S/c1-19(2,3)14-10-8-13(9-11-14)17-22-23-18(24(17)4)25-16-7-5-6-15(12-20)21-16/h5-11H,1-4H3. The molecule has 0 aliphatic rings. The van der Waals surface area contributed by atoms with Gasteiger partial charge in [-0.25, -0.2) is 4.98 Å². The highest BCUT2D eigenvalue weighted by molar-refractivity contribution is 7.99. The molecule has 0 fully saturated rings. The number of rotatable bonds is 3. The molecule has 0 unspecified atom stereocenters. The van der Waals surface area contributed by atoms with Crippen molar-refractivity contribution in [2.75, 3.05) is 0 Å². The number of nitrogens with zero attached hydrogens (tertiary/aromatic N) is 5. The Hall–Kier alpha value is -2.65. The van der Waals surface area contributed by atoms with Crippen LogP contribution >= 0.6 is 11.8 Å². The molecule has 2 aromatic heterocycles. The molecule has 0 amide bonds. The number of hydrogen-bond donors (Lipinski definition) is 0. The summed E-state index contributed by atoms with van der Waals surface area (Å²) in [6.07, 6.45) is 0. The predicted octanol–water partition coefficient (Wildman–Crippen LogP) is 4.20. The molecule has 2 heterocycles. The molecule has 0 aliphatic carbocycles. The molecule has 1 aromatic carbocycles. The quantitative estimate of drug-likeness (QED) is 0.709. The summed E-state index contributed by atoms with van der Waals surface area (Å²) < 4.78 is 1.94. The van der Waals surface area contributed by atoms with Crippen molar-refractivity contribution < 1.29 is 0 Å². The summed E-state index contributed by atoms with van der Waals surface area (Å²) in [4.78, 5) is 4.27. The topological polar surface area (TPSA) is 67.4 Å². The van der Waals surface area contributed by atoms with Crippen molar-refractivity contribution in [3.8, 4) is 17.5 Å². The van der Waals surface area contributed by atoms with E-state index < -0.39 is 0 Å². The number of nitriles is 1. The van der Waals surface area contributed by atoms with Crippen LogP contribution in [0.5, 0.6) is 0 Å². The van der Waals surface area contributed by atoms with Gasteiger partial charge in [0.1, 0.15) is 16.8 Å². The Bertz CT molecular complexity index is 930. The third-order valence-electron chi connectivity index (χ3n) is 3.88. The molecule has 126 valence electrons. The van der Waals surface area contributed by atoms with E-state index in [1.54, 1.807) is 6.07 Å². The molecule has 25 heavy (non-hydrogen) atoms. The molecule has 0 radical (unpaired) electrons. The number of pyridine rings is 1. The lowest BCUT2D eigenvalue weighted by Crippen LogP contribution is -2.10. The van der Waals surface area contributed by atoms with E-state index in [-0.39, 0.29) is 5.41 Å². The Kier molecular flexibility index (Phi) is 4.60. The largest absolute Gasteiger partial charge is 0.305 e. The molecule has 0 atom stereocenters. The van der Waals surface area contributed by atoms with Gasteiger partial charge in [-0.05, 0) is 34.9 Å². The third kappa shape index (κ3) is 3.72. The van der Waals surface area contributed by atoms with Crippen LogP contribution < -0.4 is 0 Å². The summed E-state index contributed by atoms with van der Waals surface area (Å²) in [5, 5.41) is 19.0. The molecule has 0 saturated carbocycles. The van der Waals surface area contributed by atoms with Crippen molar-refractivity contribution in [1.29, 1.82) is 5.26 Å². The van der Waals surface area contributed by atoms with E-state index in [9.17, 15) is 0 Å². The minimum atomic E-state index is 0.122. The highest BCUT2D eigenvalue weighted by atomic mass is 32.2. The Labute approximate surface area is 151 Å². The van der Waals surface area contributed by atoms with Gasteiger partial charge in [0.25, 0.3) is 0 Å². The molecule has 0 spiro atoms. The molecule has 0 aliphatic heterocycles. The average Bonchev–Trinajstić information content (AvgIpc) is 2.95. The maximum Gasteiger partial charge on any atom is 0.197 e. The lowest BCUT2D eigenvalue weighted by atomic mass is 9.87. The van der Waals surface area contributed by atoms with Gasteiger partial charge in [-0.3, -0.25) is 0 Å². The molecule has 0 saturated heterocycles. The third-order valence-corrected chi connectivity index (χ3v) is 4.85. The van der Waals surface area contributed by atoms with Crippen LogP contribution in [0.15, 0.2) is 52.6 Å². The monoisotopic (exact) mass is 349 g/mol. The fraction of sp³-hybridized carbons (Fsp3) is 0.263. The van der Waals surface area contributed by atoms with Gasteiger partial charge in [-0.2, -0.15) is 5.26 Å². The first kappa shape index (κ1) is 17.2. The highest BCUT2D eigenvalue weighted by Crippen LogP contribution is 2.29. The van der Waals surface area contributed by atoms with E-state index in [0.717, 1.165) is 21.6 Å². The Morgan fingerprint density at radius 3 is 2.40 bits per heavy atom. The van der Waals surface area contributed by atoms with E-state index in [2.05, 4.69) is 60.2 Å². The lowest BCUT2D eigenvalue weighted by molar-refractivity contribution is 0.590. The SMILES string of the molecule is Cn1c(Sc2cccc(C#N)n2)nnc1-c1ccc(C(C)(C)C)cc1. The Morgan fingerprint density at radius 1 is 1.04 bits per heavy atom. The summed E-state index contributed by atoms with van der Waals surface area (Å²) in [6, 6.07) is 15.8. The van der Waals surface area contributed by atoms with E-state index in [1.165, 1.54) is 17.3 Å². The van der Waals surface area contributed by atoms with Gasteiger partial charge >= 0.3 is 0 Å². The molecule has 0 bridgehead atoms. The lowest BCUT2D eigenvalue weighted by Gasteiger charge is -2.19. The van der Waals surface area contributed by atoms with Crippen molar-refractivity contribution in [3.05, 3.63) is 53.7 Å². The Balaban J connectivity index is 1.87. The van der Waals surface area contributed by atoms with Crippen LogP contribution in [0.2, 0.25) is 0 Å². The summed E-state index contributed by atoms with van der Waals surface area (Å²) in [5.41, 5.74) is 2.82. The summed E-state index contributed by atoms with van der Waals surface area (Å²) >= 11 is 1.39. The molecule has 6 heteroatoms. The first-order valence-electron chi connectivity index (χ1n) is 7.94. The summed E-state index contributed by atoms with van der Waals surface area (Å²) in [6.45, 7) is 6.59. The number of benzene rings is 1. The minimum Gasteiger partial charge on any atom is -0.305 e. The van der Waals surface area contributed by atoms with Crippen LogP contribution in [0, 0.1) is 11.3 Å². The van der Waals surface area contributed by atoms with Crippen LogP contribution in [0.3, 0.4) is 0 Å². The van der Waals surface area contributed by atoms with Crippen LogP contribution in [-0.2, 0) is 12.5 Å². The fourth-order valence-electron chi connectivity index (χ4n) is 2.40. The zero-order valence-electron chi connectivity index (χ0n) is 14.7. The zero-order chi connectivity index (χ0) is 18.0. The second kappa shape index (κ2) is 6.69. The van der Waals surface area contributed by atoms with Crippen molar-refractivity contribution in [3.63, 3.8) is 0 Å². The molecular weight excluding hydrogens is 330 g/mol. The smallest absolute Gasteiger partial charge is 0.197 e. The summed E-state index contributed by atoms with van der Waals surface area (Å²) in [7, 11) is 1.93. The van der Waals surface area contributed by atoms with Gasteiger partial charge in [0, 0.05) is 12.6 Å².